The number of carbonyl (C=O) groups is 1. The Morgan fingerprint density at radius 1 is 1.25 bits per heavy atom. The van der Waals surface area contributed by atoms with E-state index in [-0.39, 0.29) is 6.10 Å². The quantitative estimate of drug-likeness (QED) is 0.850. The first-order valence-corrected chi connectivity index (χ1v) is 9.36. The summed E-state index contributed by atoms with van der Waals surface area (Å²) in [5, 5.41) is 0. The lowest BCUT2D eigenvalue weighted by molar-refractivity contribution is -0.133. The molecule has 3 saturated heterocycles. The number of ether oxygens (including phenoxy) is 1. The Morgan fingerprint density at radius 3 is 2.83 bits per heavy atom. The van der Waals surface area contributed by atoms with Gasteiger partial charge in [0.2, 0.25) is 5.91 Å². The number of furan rings is 1. The van der Waals surface area contributed by atoms with Crippen molar-refractivity contribution in [3.63, 3.8) is 0 Å². The van der Waals surface area contributed by atoms with E-state index in [1.54, 1.807) is 0 Å². The molecule has 3 aliphatic heterocycles. The molecule has 0 saturated carbocycles. The van der Waals surface area contributed by atoms with Crippen LogP contribution in [0.25, 0.3) is 0 Å². The monoisotopic (exact) mass is 332 g/mol. The number of aryl methyl sites for hydroxylation is 1. The molecule has 1 aromatic heterocycles. The van der Waals surface area contributed by atoms with Crippen molar-refractivity contribution in [3.8, 4) is 0 Å². The Hall–Kier alpha value is -1.33. The minimum atomic E-state index is 0.135. The second-order valence-corrected chi connectivity index (χ2v) is 7.62. The maximum Gasteiger partial charge on any atom is 0.225 e. The van der Waals surface area contributed by atoms with E-state index in [1.807, 2.05) is 17.9 Å². The highest BCUT2D eigenvalue weighted by Gasteiger charge is 2.42. The molecule has 0 unspecified atom stereocenters. The highest BCUT2D eigenvalue weighted by Crippen LogP contribution is 2.36. The van der Waals surface area contributed by atoms with E-state index in [2.05, 4.69) is 11.0 Å². The molecule has 1 aromatic rings. The van der Waals surface area contributed by atoms with Gasteiger partial charge in [0.05, 0.1) is 25.7 Å². The lowest BCUT2D eigenvalue weighted by Crippen LogP contribution is -2.42. The van der Waals surface area contributed by atoms with Crippen molar-refractivity contribution in [2.75, 3.05) is 32.8 Å². The Bertz CT molecular complexity index is 579. The third-order valence-electron chi connectivity index (χ3n) is 5.89. The molecule has 24 heavy (non-hydrogen) atoms. The Balaban J connectivity index is 1.30. The predicted octanol–water partition coefficient (Wildman–Crippen LogP) is 2.44. The normalized spacial score (nSPS) is 30.7. The number of hydrogen-bond acceptors (Lipinski definition) is 4. The Kier molecular flexibility index (Phi) is 4.63. The zero-order valence-corrected chi connectivity index (χ0v) is 14.6. The Morgan fingerprint density at radius 2 is 2.08 bits per heavy atom. The van der Waals surface area contributed by atoms with Crippen molar-refractivity contribution in [1.82, 2.24) is 9.80 Å². The lowest BCUT2D eigenvalue weighted by atomic mass is 9.83. The van der Waals surface area contributed by atoms with E-state index in [1.165, 1.54) is 0 Å². The molecule has 3 atom stereocenters. The lowest BCUT2D eigenvalue weighted by Gasteiger charge is -2.35. The van der Waals surface area contributed by atoms with Gasteiger partial charge < -0.3 is 14.1 Å². The van der Waals surface area contributed by atoms with Crippen molar-refractivity contribution < 1.29 is 13.9 Å². The van der Waals surface area contributed by atoms with E-state index in [9.17, 15) is 4.79 Å². The molecule has 3 fully saturated rings. The van der Waals surface area contributed by atoms with Gasteiger partial charge in [0.1, 0.15) is 11.5 Å². The molecule has 3 aliphatic rings. The van der Waals surface area contributed by atoms with Crippen LogP contribution in [0.4, 0.5) is 0 Å². The van der Waals surface area contributed by atoms with Crippen LogP contribution in [-0.2, 0) is 16.1 Å². The fourth-order valence-corrected chi connectivity index (χ4v) is 4.57. The summed E-state index contributed by atoms with van der Waals surface area (Å²) in [5.74, 6) is 3.43. The summed E-state index contributed by atoms with van der Waals surface area (Å²) in [6.45, 7) is 7.68. The second-order valence-electron chi connectivity index (χ2n) is 7.62. The SMILES string of the molecule is Cc1ccc(CN2CC[C@@H]3[C@@H](CO[C@@H]3CC(=O)N3CCCC3)C2)o1. The maximum absolute atomic E-state index is 12.4. The first kappa shape index (κ1) is 16.2. The molecule has 0 radical (unpaired) electrons. The Labute approximate surface area is 143 Å². The fourth-order valence-electron chi connectivity index (χ4n) is 4.57. The van der Waals surface area contributed by atoms with Gasteiger partial charge >= 0.3 is 0 Å². The van der Waals surface area contributed by atoms with Crippen molar-refractivity contribution in [2.24, 2.45) is 11.8 Å². The number of amides is 1. The minimum absolute atomic E-state index is 0.135. The predicted molar refractivity (Wildman–Crippen MR) is 90.5 cm³/mol. The standard InChI is InChI=1S/C19H28N2O3/c1-14-4-5-16(24-14)12-20-9-6-17-15(11-20)13-23-18(17)10-19(22)21-7-2-3-8-21/h4-5,15,17-18H,2-3,6-13H2,1H3/t15-,17-,18-/m1/s1. The van der Waals surface area contributed by atoms with Crippen LogP contribution in [0.1, 0.15) is 37.2 Å². The maximum atomic E-state index is 12.4. The summed E-state index contributed by atoms with van der Waals surface area (Å²) in [7, 11) is 0. The van der Waals surface area contributed by atoms with E-state index in [4.69, 9.17) is 9.15 Å². The number of likely N-dealkylation sites (tertiary alicyclic amines) is 2. The van der Waals surface area contributed by atoms with Crippen LogP contribution in [0.3, 0.4) is 0 Å². The van der Waals surface area contributed by atoms with E-state index in [0.29, 0.717) is 24.2 Å². The molecule has 4 rings (SSSR count). The minimum Gasteiger partial charge on any atom is -0.465 e. The number of fused-ring (bicyclic) bond motifs is 1. The average Bonchev–Trinajstić information content (AvgIpc) is 3.29. The summed E-state index contributed by atoms with van der Waals surface area (Å²) >= 11 is 0. The third-order valence-corrected chi connectivity index (χ3v) is 5.89. The van der Waals surface area contributed by atoms with Gasteiger partial charge in [0, 0.05) is 25.6 Å². The van der Waals surface area contributed by atoms with Crippen LogP contribution in [0.2, 0.25) is 0 Å². The van der Waals surface area contributed by atoms with Gasteiger partial charge in [-0.3, -0.25) is 9.69 Å². The fraction of sp³-hybridized carbons (Fsp3) is 0.737. The third kappa shape index (κ3) is 3.38. The molecule has 5 heteroatoms. The summed E-state index contributed by atoms with van der Waals surface area (Å²) < 4.78 is 11.7. The van der Waals surface area contributed by atoms with Crippen LogP contribution >= 0.6 is 0 Å². The molecule has 132 valence electrons. The highest BCUT2D eigenvalue weighted by atomic mass is 16.5. The van der Waals surface area contributed by atoms with Crippen LogP contribution in [0.5, 0.6) is 0 Å². The van der Waals surface area contributed by atoms with E-state index >= 15 is 0 Å². The van der Waals surface area contributed by atoms with E-state index in [0.717, 1.165) is 70.1 Å². The number of hydrogen-bond donors (Lipinski definition) is 0. The molecule has 0 N–H and O–H groups in total. The summed E-state index contributed by atoms with van der Waals surface area (Å²) in [5.41, 5.74) is 0. The zero-order chi connectivity index (χ0) is 16.5. The van der Waals surface area contributed by atoms with Crippen LogP contribution < -0.4 is 0 Å². The van der Waals surface area contributed by atoms with E-state index < -0.39 is 0 Å². The number of piperidine rings is 1. The zero-order valence-electron chi connectivity index (χ0n) is 14.6. The van der Waals surface area contributed by atoms with Crippen LogP contribution in [-0.4, -0.2) is 54.6 Å². The van der Waals surface area contributed by atoms with Crippen molar-refractivity contribution in [3.05, 3.63) is 23.7 Å². The molecular formula is C19H28N2O3. The van der Waals surface area contributed by atoms with Crippen molar-refractivity contribution >= 4 is 5.91 Å². The van der Waals surface area contributed by atoms with Crippen molar-refractivity contribution in [2.45, 2.75) is 45.3 Å². The van der Waals surface area contributed by atoms with Gasteiger partial charge in [-0.05, 0) is 50.8 Å². The first-order valence-electron chi connectivity index (χ1n) is 9.36. The number of carbonyl (C=O) groups excluding carboxylic acids is 1. The van der Waals surface area contributed by atoms with Crippen LogP contribution in [0.15, 0.2) is 16.5 Å². The number of nitrogens with zero attached hydrogens (tertiary/aromatic N) is 2. The molecule has 0 spiro atoms. The molecule has 1 amide bonds. The summed E-state index contributed by atoms with van der Waals surface area (Å²) in [4.78, 5) is 16.9. The van der Waals surface area contributed by atoms with Gasteiger partial charge in [-0.2, -0.15) is 0 Å². The van der Waals surface area contributed by atoms with Gasteiger partial charge in [-0.15, -0.1) is 0 Å². The molecule has 0 bridgehead atoms. The summed E-state index contributed by atoms with van der Waals surface area (Å²) in [6, 6.07) is 4.10. The topological polar surface area (TPSA) is 45.9 Å². The molecule has 0 aliphatic carbocycles. The highest BCUT2D eigenvalue weighted by molar-refractivity contribution is 5.77. The first-order chi connectivity index (χ1) is 11.7. The van der Waals surface area contributed by atoms with Gasteiger partial charge in [0.25, 0.3) is 0 Å². The largest absolute Gasteiger partial charge is 0.465 e. The van der Waals surface area contributed by atoms with Gasteiger partial charge in [0.15, 0.2) is 0 Å². The molecule has 0 aromatic carbocycles. The smallest absolute Gasteiger partial charge is 0.225 e. The average molecular weight is 332 g/mol. The molecule has 5 nitrogen and oxygen atoms in total. The second kappa shape index (κ2) is 6.89. The summed E-state index contributed by atoms with van der Waals surface area (Å²) in [6.07, 6.45) is 4.16. The number of rotatable bonds is 4. The molecule has 4 heterocycles. The molecular weight excluding hydrogens is 304 g/mol. The van der Waals surface area contributed by atoms with Crippen molar-refractivity contribution in [1.29, 1.82) is 0 Å². The van der Waals surface area contributed by atoms with Gasteiger partial charge in [-0.25, -0.2) is 0 Å². The van der Waals surface area contributed by atoms with Gasteiger partial charge in [-0.1, -0.05) is 0 Å². The van der Waals surface area contributed by atoms with Crippen LogP contribution in [0, 0.1) is 18.8 Å².